The van der Waals surface area contributed by atoms with E-state index in [2.05, 4.69) is 124 Å². The zero-order chi connectivity index (χ0) is 22.5. The van der Waals surface area contributed by atoms with Gasteiger partial charge >= 0.3 is 0 Å². The Labute approximate surface area is 192 Å². The van der Waals surface area contributed by atoms with Gasteiger partial charge in [-0.1, -0.05) is 111 Å². The quantitative estimate of drug-likeness (QED) is 0.276. The molecule has 0 unspecified atom stereocenters. The summed E-state index contributed by atoms with van der Waals surface area (Å²) in [5.74, 6) is 0.531. The molecule has 0 atom stereocenters. The Morgan fingerprint density at radius 3 is 2.06 bits per heavy atom. The molecule has 0 aliphatic heterocycles. The second-order valence-electron chi connectivity index (χ2n) is 8.44. The monoisotopic (exact) mass is 414 g/mol. The highest BCUT2D eigenvalue weighted by molar-refractivity contribution is 6.00. The molecule has 0 saturated heterocycles. The average molecular weight is 415 g/mol. The molecule has 0 fully saturated rings. The number of hydrogen-bond acceptors (Lipinski definition) is 0. The Balaban J connectivity index is 1.93. The highest BCUT2D eigenvalue weighted by Crippen LogP contribution is 2.35. The van der Waals surface area contributed by atoms with Crippen LogP contribution >= 0.6 is 0 Å². The Morgan fingerprint density at radius 2 is 1.41 bits per heavy atom. The molecule has 0 heteroatoms. The maximum Gasteiger partial charge on any atom is -0.0103 e. The number of allylic oxidation sites excluding steroid dienone is 5. The lowest BCUT2D eigenvalue weighted by molar-refractivity contribution is 0.867. The van der Waals surface area contributed by atoms with Gasteiger partial charge in [-0.15, -0.1) is 0 Å². The maximum atomic E-state index is 3.84. The SMILES string of the molecule is C=C/C=C\C(=C/C)c1cc(-c2ccc(C(C)C)cc2)cc2cc(-c3ccccc3)ccc12. The topological polar surface area (TPSA) is 0 Å². The lowest BCUT2D eigenvalue weighted by atomic mass is 9.90. The summed E-state index contributed by atoms with van der Waals surface area (Å²) in [6, 6.07) is 31.0. The van der Waals surface area contributed by atoms with Crippen LogP contribution in [-0.4, -0.2) is 0 Å². The molecule has 0 amide bonds. The van der Waals surface area contributed by atoms with E-state index in [1.54, 1.807) is 0 Å². The fourth-order valence-corrected chi connectivity index (χ4v) is 4.16. The molecule has 0 aliphatic carbocycles. The van der Waals surface area contributed by atoms with Crippen molar-refractivity contribution in [3.63, 3.8) is 0 Å². The molecule has 0 heterocycles. The van der Waals surface area contributed by atoms with Gasteiger partial charge in [-0.25, -0.2) is 0 Å². The molecule has 0 aromatic heterocycles. The van der Waals surface area contributed by atoms with Crippen molar-refractivity contribution < 1.29 is 0 Å². The van der Waals surface area contributed by atoms with Gasteiger partial charge in [0.2, 0.25) is 0 Å². The van der Waals surface area contributed by atoms with E-state index in [1.807, 2.05) is 12.2 Å². The highest BCUT2D eigenvalue weighted by atomic mass is 14.1. The van der Waals surface area contributed by atoms with Crippen molar-refractivity contribution in [1.29, 1.82) is 0 Å². The van der Waals surface area contributed by atoms with Crippen LogP contribution in [0.5, 0.6) is 0 Å². The van der Waals surface area contributed by atoms with Gasteiger partial charge in [0.1, 0.15) is 0 Å². The zero-order valence-corrected chi connectivity index (χ0v) is 19.2. The van der Waals surface area contributed by atoms with Gasteiger partial charge in [0.15, 0.2) is 0 Å². The molecule has 0 nitrogen and oxygen atoms in total. The van der Waals surface area contributed by atoms with Gasteiger partial charge in [0.05, 0.1) is 0 Å². The van der Waals surface area contributed by atoms with Gasteiger partial charge in [-0.2, -0.15) is 0 Å². The van der Waals surface area contributed by atoms with Crippen LogP contribution in [0.2, 0.25) is 0 Å². The Morgan fingerprint density at radius 1 is 0.750 bits per heavy atom. The molecule has 4 aromatic carbocycles. The van der Waals surface area contributed by atoms with E-state index in [-0.39, 0.29) is 0 Å². The summed E-state index contributed by atoms with van der Waals surface area (Å²) in [6.45, 7) is 10.4. The van der Waals surface area contributed by atoms with Crippen molar-refractivity contribution in [3.8, 4) is 22.3 Å². The van der Waals surface area contributed by atoms with E-state index in [9.17, 15) is 0 Å². The van der Waals surface area contributed by atoms with Crippen molar-refractivity contribution in [1.82, 2.24) is 0 Å². The van der Waals surface area contributed by atoms with Crippen LogP contribution in [-0.2, 0) is 0 Å². The predicted octanol–water partition coefficient (Wildman–Crippen LogP) is 9.44. The molecule has 32 heavy (non-hydrogen) atoms. The minimum atomic E-state index is 0.531. The summed E-state index contributed by atoms with van der Waals surface area (Å²) >= 11 is 0. The van der Waals surface area contributed by atoms with E-state index in [1.165, 1.54) is 49.7 Å². The van der Waals surface area contributed by atoms with Crippen LogP contribution in [0.4, 0.5) is 0 Å². The van der Waals surface area contributed by atoms with Crippen LogP contribution < -0.4 is 0 Å². The maximum absolute atomic E-state index is 3.84. The number of rotatable bonds is 6. The molecule has 0 N–H and O–H groups in total. The van der Waals surface area contributed by atoms with E-state index in [4.69, 9.17) is 0 Å². The lowest BCUT2D eigenvalue weighted by Crippen LogP contribution is -1.90. The Hall–Kier alpha value is -3.64. The Kier molecular flexibility index (Phi) is 6.52. The minimum absolute atomic E-state index is 0.531. The van der Waals surface area contributed by atoms with Crippen LogP contribution in [0.1, 0.15) is 37.8 Å². The number of hydrogen-bond donors (Lipinski definition) is 0. The van der Waals surface area contributed by atoms with E-state index in [0.29, 0.717) is 5.92 Å². The summed E-state index contributed by atoms with van der Waals surface area (Å²) in [5, 5.41) is 2.51. The lowest BCUT2D eigenvalue weighted by Gasteiger charge is -2.14. The first-order chi connectivity index (χ1) is 15.6. The average Bonchev–Trinajstić information content (AvgIpc) is 2.84. The number of benzene rings is 4. The van der Waals surface area contributed by atoms with E-state index < -0.39 is 0 Å². The van der Waals surface area contributed by atoms with Crippen LogP contribution in [0, 0.1) is 0 Å². The van der Waals surface area contributed by atoms with Gasteiger partial charge in [0, 0.05) is 0 Å². The molecule has 4 aromatic rings. The standard InChI is InChI=1S/C32H30/c1-5-7-11-24(6-2)32-22-29(27-16-14-25(15-17-27)23(3)4)21-30-20-28(18-19-31(30)32)26-12-9-8-10-13-26/h5-23H,1H2,2-4H3/b11-7-,24-6+. The first-order valence-corrected chi connectivity index (χ1v) is 11.3. The van der Waals surface area contributed by atoms with Crippen LogP contribution in [0.3, 0.4) is 0 Å². The third-order valence-corrected chi connectivity index (χ3v) is 6.00. The van der Waals surface area contributed by atoms with Crippen molar-refractivity contribution in [2.45, 2.75) is 26.7 Å². The summed E-state index contributed by atoms with van der Waals surface area (Å²) in [7, 11) is 0. The highest BCUT2D eigenvalue weighted by Gasteiger charge is 2.10. The first kappa shape index (κ1) is 21.6. The van der Waals surface area contributed by atoms with Gasteiger partial charge < -0.3 is 0 Å². The third-order valence-electron chi connectivity index (χ3n) is 6.00. The van der Waals surface area contributed by atoms with E-state index in [0.717, 1.165) is 0 Å². The fourth-order valence-electron chi connectivity index (χ4n) is 4.16. The minimum Gasteiger partial charge on any atom is -0.0991 e. The van der Waals surface area contributed by atoms with Crippen molar-refractivity contribution >= 4 is 16.3 Å². The zero-order valence-electron chi connectivity index (χ0n) is 19.2. The van der Waals surface area contributed by atoms with Crippen molar-refractivity contribution in [3.05, 3.63) is 127 Å². The van der Waals surface area contributed by atoms with Crippen LogP contribution in [0.15, 0.2) is 116 Å². The normalized spacial score (nSPS) is 12.1. The summed E-state index contributed by atoms with van der Waals surface area (Å²) < 4.78 is 0. The summed E-state index contributed by atoms with van der Waals surface area (Å²) in [5.41, 5.74) is 8.75. The van der Waals surface area contributed by atoms with Crippen molar-refractivity contribution in [2.24, 2.45) is 0 Å². The third kappa shape index (κ3) is 4.50. The van der Waals surface area contributed by atoms with Crippen molar-refractivity contribution in [2.75, 3.05) is 0 Å². The summed E-state index contributed by atoms with van der Waals surface area (Å²) in [4.78, 5) is 0. The largest absolute Gasteiger partial charge is 0.0991 e. The Bertz CT molecular complexity index is 1280. The molecule has 0 radical (unpaired) electrons. The van der Waals surface area contributed by atoms with Gasteiger partial charge in [-0.3, -0.25) is 0 Å². The molecule has 158 valence electrons. The molecule has 0 saturated carbocycles. The summed E-state index contributed by atoms with van der Waals surface area (Å²) in [6.07, 6.45) is 8.14. The second kappa shape index (κ2) is 9.66. The van der Waals surface area contributed by atoms with E-state index >= 15 is 0 Å². The smallest absolute Gasteiger partial charge is 0.0103 e. The molecule has 0 bridgehead atoms. The molecule has 4 rings (SSSR count). The predicted molar refractivity (Wildman–Crippen MR) is 142 cm³/mol. The number of fused-ring (bicyclic) bond motifs is 1. The fraction of sp³-hybridized carbons (Fsp3) is 0.125. The molecular formula is C32H30. The second-order valence-corrected chi connectivity index (χ2v) is 8.44. The first-order valence-electron chi connectivity index (χ1n) is 11.3. The van der Waals surface area contributed by atoms with Crippen LogP contribution in [0.25, 0.3) is 38.6 Å². The molecule has 0 spiro atoms. The van der Waals surface area contributed by atoms with Gasteiger partial charge in [-0.05, 0) is 80.8 Å². The van der Waals surface area contributed by atoms with Gasteiger partial charge in [0.25, 0.3) is 0 Å². The molecule has 0 aliphatic rings. The molecular weight excluding hydrogens is 384 g/mol.